The van der Waals surface area contributed by atoms with Gasteiger partial charge in [-0.1, -0.05) is 37.6 Å². The third kappa shape index (κ3) is 4.27. The number of aryl methyl sites for hydroxylation is 1. The number of fused-ring (bicyclic) bond motifs is 1. The maximum absolute atomic E-state index is 10.5. The van der Waals surface area contributed by atoms with Crippen molar-refractivity contribution >= 4 is 0 Å². The molecule has 27 heavy (non-hydrogen) atoms. The number of ether oxygens (including phenoxy) is 2. The van der Waals surface area contributed by atoms with Crippen molar-refractivity contribution in [1.82, 2.24) is 4.98 Å². The predicted octanol–water partition coefficient (Wildman–Crippen LogP) is 4.57. The molecule has 2 atom stereocenters. The van der Waals surface area contributed by atoms with Crippen LogP contribution in [0.25, 0.3) is 0 Å². The lowest BCUT2D eigenvalue weighted by Gasteiger charge is -2.22. The predicted molar refractivity (Wildman–Crippen MR) is 106 cm³/mol. The van der Waals surface area contributed by atoms with E-state index in [0.717, 1.165) is 50.0 Å². The van der Waals surface area contributed by atoms with Gasteiger partial charge in [-0.15, -0.1) is 0 Å². The number of benzene rings is 1. The van der Waals surface area contributed by atoms with Gasteiger partial charge < -0.3 is 14.6 Å². The molecule has 4 rings (SSSR count). The van der Waals surface area contributed by atoms with Gasteiger partial charge in [0.25, 0.3) is 0 Å². The van der Waals surface area contributed by atoms with Crippen molar-refractivity contribution in [3.05, 3.63) is 52.7 Å². The molecule has 4 nitrogen and oxygen atoms in total. The normalized spacial score (nSPS) is 21.8. The summed E-state index contributed by atoms with van der Waals surface area (Å²) in [6.07, 6.45) is 7.49. The highest BCUT2D eigenvalue weighted by Crippen LogP contribution is 2.39. The zero-order chi connectivity index (χ0) is 18.6. The fraction of sp³-hybridized carbons (Fsp3) is 0.522. The summed E-state index contributed by atoms with van der Waals surface area (Å²) in [4.78, 5) is 4.68. The Balaban J connectivity index is 1.42. The second-order valence-electron chi connectivity index (χ2n) is 7.80. The molecule has 1 N–H and O–H groups in total. The van der Waals surface area contributed by atoms with Crippen molar-refractivity contribution in [3.8, 4) is 11.6 Å². The smallest absolute Gasteiger partial charge is 0.217 e. The van der Waals surface area contributed by atoms with E-state index in [2.05, 4.69) is 36.2 Å². The largest absolute Gasteiger partial charge is 0.507 e. The van der Waals surface area contributed by atoms with Crippen LogP contribution in [-0.2, 0) is 24.0 Å². The zero-order valence-electron chi connectivity index (χ0n) is 16.1. The topological polar surface area (TPSA) is 51.6 Å². The standard InChI is InChI=1S/C23H29NO3/c1-2-5-16-7-9-17(10-8-16)18-12-20-21(13-18)24-23(14-22(20)25)27-15-19-6-3-4-11-26-19/h7-10,14,18-19H,2-6,11-13,15H2,1H3,(H,24,25). The molecule has 1 aromatic heterocycles. The third-order valence-corrected chi connectivity index (χ3v) is 5.73. The molecule has 1 aliphatic heterocycles. The van der Waals surface area contributed by atoms with Gasteiger partial charge in [0.2, 0.25) is 5.88 Å². The van der Waals surface area contributed by atoms with Crippen LogP contribution in [0.2, 0.25) is 0 Å². The van der Waals surface area contributed by atoms with Gasteiger partial charge in [0.15, 0.2) is 0 Å². The Morgan fingerprint density at radius 3 is 2.78 bits per heavy atom. The first-order chi connectivity index (χ1) is 13.2. The van der Waals surface area contributed by atoms with E-state index in [0.29, 0.717) is 24.2 Å². The van der Waals surface area contributed by atoms with Crippen LogP contribution in [0.15, 0.2) is 30.3 Å². The Morgan fingerprint density at radius 1 is 1.19 bits per heavy atom. The minimum atomic E-state index is 0.144. The molecule has 0 spiro atoms. The Labute approximate surface area is 161 Å². The van der Waals surface area contributed by atoms with Crippen molar-refractivity contribution in [3.63, 3.8) is 0 Å². The number of rotatable bonds is 6. The van der Waals surface area contributed by atoms with Crippen molar-refractivity contribution in [2.75, 3.05) is 13.2 Å². The molecule has 2 unspecified atom stereocenters. The minimum absolute atomic E-state index is 0.144. The monoisotopic (exact) mass is 367 g/mol. The van der Waals surface area contributed by atoms with E-state index in [1.165, 1.54) is 24.0 Å². The van der Waals surface area contributed by atoms with Crippen LogP contribution in [0.3, 0.4) is 0 Å². The third-order valence-electron chi connectivity index (χ3n) is 5.73. The summed E-state index contributed by atoms with van der Waals surface area (Å²) < 4.78 is 11.5. The minimum Gasteiger partial charge on any atom is -0.507 e. The van der Waals surface area contributed by atoms with E-state index in [4.69, 9.17) is 9.47 Å². The average Bonchev–Trinajstić information content (AvgIpc) is 3.13. The van der Waals surface area contributed by atoms with Gasteiger partial charge in [-0.2, -0.15) is 0 Å². The average molecular weight is 367 g/mol. The van der Waals surface area contributed by atoms with Gasteiger partial charge in [0.1, 0.15) is 12.4 Å². The molecule has 0 bridgehead atoms. The number of pyridine rings is 1. The summed E-state index contributed by atoms with van der Waals surface area (Å²) in [5.74, 6) is 1.20. The maximum Gasteiger partial charge on any atom is 0.217 e. The molecule has 2 heterocycles. The molecule has 0 radical (unpaired) electrons. The fourth-order valence-corrected chi connectivity index (χ4v) is 4.20. The van der Waals surface area contributed by atoms with Crippen molar-refractivity contribution in [2.45, 2.75) is 63.9 Å². The highest BCUT2D eigenvalue weighted by atomic mass is 16.5. The van der Waals surface area contributed by atoms with Gasteiger partial charge in [-0.05, 0) is 55.6 Å². The van der Waals surface area contributed by atoms with Gasteiger partial charge >= 0.3 is 0 Å². The van der Waals surface area contributed by atoms with Crippen LogP contribution in [-0.4, -0.2) is 29.4 Å². The number of hydrogen-bond acceptors (Lipinski definition) is 4. The number of aromatic hydroxyl groups is 1. The van der Waals surface area contributed by atoms with E-state index in [1.54, 1.807) is 6.07 Å². The molecule has 144 valence electrons. The second kappa shape index (κ2) is 8.30. The SMILES string of the molecule is CCCc1ccc(C2Cc3nc(OCC4CCCCO4)cc(O)c3C2)cc1. The van der Waals surface area contributed by atoms with Gasteiger partial charge in [0, 0.05) is 18.2 Å². The molecule has 1 aromatic carbocycles. The van der Waals surface area contributed by atoms with Crippen LogP contribution in [0.5, 0.6) is 11.6 Å². The summed E-state index contributed by atoms with van der Waals surface area (Å²) in [5, 5.41) is 10.5. The molecule has 1 saturated heterocycles. The highest BCUT2D eigenvalue weighted by Gasteiger charge is 2.28. The Bertz CT molecular complexity index is 766. The summed E-state index contributed by atoms with van der Waals surface area (Å²) in [7, 11) is 0. The summed E-state index contributed by atoms with van der Waals surface area (Å²) in [5.41, 5.74) is 4.65. The Kier molecular flexibility index (Phi) is 5.63. The highest BCUT2D eigenvalue weighted by molar-refractivity contribution is 5.45. The van der Waals surface area contributed by atoms with E-state index in [-0.39, 0.29) is 6.10 Å². The first kappa shape index (κ1) is 18.3. The van der Waals surface area contributed by atoms with Gasteiger partial charge in [-0.3, -0.25) is 0 Å². The molecule has 4 heteroatoms. The van der Waals surface area contributed by atoms with Crippen LogP contribution in [0, 0.1) is 0 Å². The molecular weight excluding hydrogens is 338 g/mol. The number of hydrogen-bond donors (Lipinski definition) is 1. The Morgan fingerprint density at radius 2 is 2.04 bits per heavy atom. The molecule has 1 aliphatic carbocycles. The van der Waals surface area contributed by atoms with Gasteiger partial charge in [-0.25, -0.2) is 4.98 Å². The maximum atomic E-state index is 10.5. The summed E-state index contributed by atoms with van der Waals surface area (Å²) in [6.45, 7) is 3.53. The molecular formula is C23H29NO3. The van der Waals surface area contributed by atoms with Crippen LogP contribution < -0.4 is 4.74 Å². The van der Waals surface area contributed by atoms with E-state index >= 15 is 0 Å². The van der Waals surface area contributed by atoms with Crippen molar-refractivity contribution in [2.24, 2.45) is 0 Å². The summed E-state index contributed by atoms with van der Waals surface area (Å²) >= 11 is 0. The van der Waals surface area contributed by atoms with Crippen LogP contribution >= 0.6 is 0 Å². The molecule has 2 aliphatic rings. The van der Waals surface area contributed by atoms with Crippen LogP contribution in [0.1, 0.15) is 60.9 Å². The van der Waals surface area contributed by atoms with Crippen LogP contribution in [0.4, 0.5) is 0 Å². The van der Waals surface area contributed by atoms with Crippen molar-refractivity contribution in [1.29, 1.82) is 0 Å². The van der Waals surface area contributed by atoms with E-state index < -0.39 is 0 Å². The van der Waals surface area contributed by atoms with Gasteiger partial charge in [0.05, 0.1) is 11.8 Å². The zero-order valence-corrected chi connectivity index (χ0v) is 16.1. The molecule has 1 fully saturated rings. The Hall–Kier alpha value is -2.07. The van der Waals surface area contributed by atoms with E-state index in [9.17, 15) is 5.11 Å². The first-order valence-corrected chi connectivity index (χ1v) is 10.3. The van der Waals surface area contributed by atoms with Crippen molar-refractivity contribution < 1.29 is 14.6 Å². The number of nitrogens with zero attached hydrogens (tertiary/aromatic N) is 1. The quantitative estimate of drug-likeness (QED) is 0.812. The fourth-order valence-electron chi connectivity index (χ4n) is 4.20. The molecule has 0 saturated carbocycles. The lowest BCUT2D eigenvalue weighted by atomic mass is 9.95. The van der Waals surface area contributed by atoms with E-state index in [1.807, 2.05) is 0 Å². The number of aromatic nitrogens is 1. The summed E-state index contributed by atoms with van der Waals surface area (Å²) in [6, 6.07) is 10.6. The second-order valence-corrected chi connectivity index (χ2v) is 7.80. The lowest BCUT2D eigenvalue weighted by Crippen LogP contribution is -2.26. The first-order valence-electron chi connectivity index (χ1n) is 10.3. The molecule has 2 aromatic rings. The lowest BCUT2D eigenvalue weighted by molar-refractivity contribution is -0.0120. The molecule has 0 amide bonds.